The van der Waals surface area contributed by atoms with Crippen LogP contribution in [0.4, 0.5) is 0 Å². The van der Waals surface area contributed by atoms with Crippen molar-refractivity contribution < 1.29 is 23.1 Å². The Bertz CT molecular complexity index is 608. The second-order valence-electron chi connectivity index (χ2n) is 8.50. The van der Waals surface area contributed by atoms with Crippen molar-refractivity contribution in [2.45, 2.75) is 85.0 Å². The Morgan fingerprint density at radius 1 is 0.897 bits per heavy atom. The van der Waals surface area contributed by atoms with Gasteiger partial charge in [-0.1, -0.05) is 33.5 Å². The van der Waals surface area contributed by atoms with Gasteiger partial charge in [-0.3, -0.25) is 4.57 Å². The van der Waals surface area contributed by atoms with Crippen LogP contribution in [0.25, 0.3) is 0 Å². The summed E-state index contributed by atoms with van der Waals surface area (Å²) in [6.45, 7) is 20.0. The van der Waals surface area contributed by atoms with Crippen LogP contribution >= 0.6 is 7.60 Å². The maximum Gasteiger partial charge on any atom is 0.331 e. The molecule has 1 aliphatic rings. The first kappa shape index (κ1) is 26.3. The highest BCUT2D eigenvalue weighted by molar-refractivity contribution is 7.58. The highest BCUT2D eigenvalue weighted by Crippen LogP contribution is 2.57. The van der Waals surface area contributed by atoms with Crippen molar-refractivity contribution in [2.75, 3.05) is 26.4 Å². The number of nitrogens with zero attached hydrogens (tertiary/aromatic N) is 2. The smallest absolute Gasteiger partial charge is 0.331 e. The third-order valence-electron chi connectivity index (χ3n) is 4.75. The van der Waals surface area contributed by atoms with Crippen LogP contribution in [0.3, 0.4) is 0 Å². The minimum atomic E-state index is -3.29. The Labute approximate surface area is 178 Å². The fraction of sp³-hybridized carbons (Fsp3) is 0.900. The van der Waals surface area contributed by atoms with E-state index in [1.165, 1.54) is 0 Å². The van der Waals surface area contributed by atoms with Crippen molar-refractivity contribution in [1.29, 1.82) is 0 Å². The van der Waals surface area contributed by atoms with Gasteiger partial charge in [-0.2, -0.15) is 0 Å². The molecule has 3 atom stereocenters. The van der Waals surface area contributed by atoms with Crippen LogP contribution < -0.4 is 0 Å². The fourth-order valence-electron chi connectivity index (χ4n) is 3.45. The lowest BCUT2D eigenvalue weighted by Gasteiger charge is -2.37. The van der Waals surface area contributed by atoms with Crippen LogP contribution in [0.2, 0.25) is 19.6 Å². The van der Waals surface area contributed by atoms with Gasteiger partial charge in [0.05, 0.1) is 39.8 Å². The van der Waals surface area contributed by atoms with Gasteiger partial charge < -0.3 is 18.5 Å². The molecule has 0 spiro atoms. The SMILES string of the molecule is CCOC1=N[C@H](C(C)C)C(OCC)=N[C@H]1C[C@@H]([Si](C)(C)C)P(=O)(OCC)OCC. The van der Waals surface area contributed by atoms with Gasteiger partial charge in [0.25, 0.3) is 0 Å². The summed E-state index contributed by atoms with van der Waals surface area (Å²) in [5.74, 6) is 1.47. The molecule has 0 aromatic heterocycles. The quantitative estimate of drug-likeness (QED) is 0.322. The van der Waals surface area contributed by atoms with Crippen LogP contribution in [0.15, 0.2) is 9.98 Å². The monoisotopic (exact) mass is 448 g/mol. The molecule has 7 nitrogen and oxygen atoms in total. The van der Waals surface area contributed by atoms with Crippen molar-refractivity contribution in [3.8, 4) is 0 Å². The largest absolute Gasteiger partial charge is 0.480 e. The first-order valence-electron chi connectivity index (χ1n) is 10.8. The van der Waals surface area contributed by atoms with Crippen molar-refractivity contribution in [3.63, 3.8) is 0 Å². The molecule has 0 aromatic carbocycles. The highest BCUT2D eigenvalue weighted by atomic mass is 31.2. The summed E-state index contributed by atoms with van der Waals surface area (Å²) in [5.41, 5.74) is 0. The third-order valence-corrected chi connectivity index (χ3v) is 12.5. The zero-order chi connectivity index (χ0) is 22.2. The van der Waals surface area contributed by atoms with Crippen LogP contribution in [-0.2, 0) is 23.1 Å². The number of hydrogen-bond acceptors (Lipinski definition) is 7. The van der Waals surface area contributed by atoms with Crippen LogP contribution in [0.1, 0.15) is 48.0 Å². The highest BCUT2D eigenvalue weighted by Gasteiger charge is 2.47. The van der Waals surface area contributed by atoms with Gasteiger partial charge in [0.15, 0.2) is 0 Å². The molecular formula is C20H41N2O5PSi. The minimum Gasteiger partial charge on any atom is -0.480 e. The third kappa shape index (κ3) is 7.19. The molecule has 0 amide bonds. The molecule has 0 aromatic rings. The summed E-state index contributed by atoms with van der Waals surface area (Å²) < 4.78 is 36.9. The van der Waals surface area contributed by atoms with Gasteiger partial charge in [-0.15, -0.1) is 0 Å². The summed E-state index contributed by atoms with van der Waals surface area (Å²) in [5, 5.41) is -0.229. The van der Waals surface area contributed by atoms with E-state index >= 15 is 0 Å². The first-order valence-corrected chi connectivity index (χ1v) is 16.0. The molecule has 0 radical (unpaired) electrons. The molecule has 0 aliphatic carbocycles. The average Bonchev–Trinajstić information content (AvgIpc) is 2.60. The van der Waals surface area contributed by atoms with Crippen molar-refractivity contribution >= 4 is 27.5 Å². The molecule has 0 bridgehead atoms. The molecule has 1 aliphatic heterocycles. The molecule has 0 saturated heterocycles. The van der Waals surface area contributed by atoms with Crippen molar-refractivity contribution in [1.82, 2.24) is 0 Å². The van der Waals surface area contributed by atoms with Crippen LogP contribution in [0, 0.1) is 5.92 Å². The van der Waals surface area contributed by atoms with E-state index in [4.69, 9.17) is 28.5 Å². The normalized spacial score (nSPS) is 21.6. The predicted molar refractivity (Wildman–Crippen MR) is 123 cm³/mol. The zero-order valence-corrected chi connectivity index (χ0v) is 21.6. The van der Waals surface area contributed by atoms with E-state index in [0.29, 0.717) is 44.6 Å². The molecule has 0 unspecified atom stereocenters. The summed E-state index contributed by atoms with van der Waals surface area (Å²) in [6.07, 6.45) is 0.507. The average molecular weight is 449 g/mol. The Morgan fingerprint density at radius 3 is 1.83 bits per heavy atom. The topological polar surface area (TPSA) is 78.7 Å². The van der Waals surface area contributed by atoms with Crippen molar-refractivity contribution in [2.24, 2.45) is 15.9 Å². The Balaban J connectivity index is 3.36. The molecule has 0 fully saturated rings. The number of ether oxygens (including phenoxy) is 2. The van der Waals surface area contributed by atoms with Gasteiger partial charge in [0.1, 0.15) is 12.1 Å². The molecule has 1 heterocycles. The maximum absolute atomic E-state index is 13.7. The second-order valence-corrected chi connectivity index (χ2v) is 16.6. The second kappa shape index (κ2) is 11.6. The summed E-state index contributed by atoms with van der Waals surface area (Å²) in [7, 11) is -5.24. The van der Waals surface area contributed by atoms with Gasteiger partial charge in [0.2, 0.25) is 11.8 Å². The predicted octanol–water partition coefficient (Wildman–Crippen LogP) is 5.17. The van der Waals surface area contributed by atoms with Gasteiger partial charge >= 0.3 is 7.60 Å². The molecule has 29 heavy (non-hydrogen) atoms. The number of rotatable bonds is 11. The maximum atomic E-state index is 13.7. The molecule has 0 N–H and O–H groups in total. The molecular weight excluding hydrogens is 407 g/mol. The van der Waals surface area contributed by atoms with E-state index in [-0.39, 0.29) is 23.3 Å². The molecule has 0 saturated carbocycles. The van der Waals surface area contributed by atoms with Crippen molar-refractivity contribution in [3.05, 3.63) is 0 Å². The summed E-state index contributed by atoms with van der Waals surface area (Å²) in [6, 6.07) is -0.513. The van der Waals surface area contributed by atoms with E-state index in [1.807, 2.05) is 27.7 Å². The van der Waals surface area contributed by atoms with Gasteiger partial charge in [-0.25, -0.2) is 9.98 Å². The Morgan fingerprint density at radius 2 is 1.41 bits per heavy atom. The lowest BCUT2D eigenvalue weighted by molar-refractivity contribution is 0.215. The van der Waals surface area contributed by atoms with E-state index in [0.717, 1.165) is 0 Å². The lowest BCUT2D eigenvalue weighted by Crippen LogP contribution is -2.45. The van der Waals surface area contributed by atoms with E-state index in [9.17, 15) is 4.57 Å². The summed E-state index contributed by atoms with van der Waals surface area (Å²) in [4.78, 5) is 9.73. The van der Waals surface area contributed by atoms with Crippen LogP contribution in [0.5, 0.6) is 0 Å². The zero-order valence-electron chi connectivity index (χ0n) is 19.7. The number of hydrogen-bond donors (Lipinski definition) is 0. The minimum absolute atomic E-state index is 0.163. The van der Waals surface area contributed by atoms with E-state index in [2.05, 4.69) is 33.5 Å². The Kier molecular flexibility index (Phi) is 10.6. The fourth-order valence-corrected chi connectivity index (χ4v) is 10.2. The Hall–Kier alpha value is -0.693. The standard InChI is InChI=1S/C20H41N2O5PSi/c1-10-24-19-16(21-20(25-11-2)18(22-19)15(5)6)14-17(29(7,8)9)28(23,26-12-3)27-13-4/h15-18H,10-14H2,1-9H3/t16-,17+,18+/m0/s1. The first-order chi connectivity index (χ1) is 13.5. The van der Waals surface area contributed by atoms with E-state index in [1.54, 1.807) is 0 Å². The van der Waals surface area contributed by atoms with Crippen LogP contribution in [-0.4, -0.2) is 63.7 Å². The summed E-state index contributed by atoms with van der Waals surface area (Å²) >= 11 is 0. The number of aliphatic imine (C=N–C) groups is 2. The van der Waals surface area contributed by atoms with Gasteiger partial charge in [-0.05, 0) is 40.0 Å². The van der Waals surface area contributed by atoms with Gasteiger partial charge in [0, 0.05) is 0 Å². The molecule has 170 valence electrons. The molecule has 9 heteroatoms. The molecule has 1 rings (SSSR count). The van der Waals surface area contributed by atoms with E-state index < -0.39 is 15.7 Å². The lowest BCUT2D eigenvalue weighted by atomic mass is 10.0.